The summed E-state index contributed by atoms with van der Waals surface area (Å²) in [7, 11) is 1.92. The number of alkyl halides is 2. The molecule has 0 amide bonds. The van der Waals surface area contributed by atoms with Crippen molar-refractivity contribution >= 4 is 0 Å². The Bertz CT molecular complexity index is 231. The largest absolute Gasteiger partial charge is 0.375 e. The molecular formula is C13H23F2NO. The first-order valence-electron chi connectivity index (χ1n) is 6.46. The zero-order chi connectivity index (χ0) is 12.5. The maximum atomic E-state index is 11.9. The molecule has 0 aliphatic heterocycles. The number of ether oxygens (including phenoxy) is 1. The maximum Gasteiger partial charge on any atom is 0.261 e. The summed E-state index contributed by atoms with van der Waals surface area (Å²) in [5, 5.41) is 3.25. The number of likely N-dealkylation sites (N-methyl/N-ethyl adjacent to an activating group) is 1. The molecule has 0 aromatic heterocycles. The minimum Gasteiger partial charge on any atom is -0.375 e. The lowest BCUT2D eigenvalue weighted by atomic mass is 10.00. The fourth-order valence-electron chi connectivity index (χ4n) is 2.24. The summed E-state index contributed by atoms with van der Waals surface area (Å²) < 4.78 is 28.7. The van der Waals surface area contributed by atoms with E-state index in [1.807, 2.05) is 7.05 Å². The lowest BCUT2D eigenvalue weighted by molar-refractivity contribution is 0.0153. The van der Waals surface area contributed by atoms with Crippen molar-refractivity contribution in [2.24, 2.45) is 0 Å². The smallest absolute Gasteiger partial charge is 0.261 e. The quantitative estimate of drug-likeness (QED) is 0.551. The van der Waals surface area contributed by atoms with E-state index in [2.05, 4.69) is 11.4 Å². The summed E-state index contributed by atoms with van der Waals surface area (Å²) in [5.74, 6) is 0. The topological polar surface area (TPSA) is 21.3 Å². The van der Waals surface area contributed by atoms with Crippen LogP contribution in [0.1, 0.15) is 38.5 Å². The molecule has 1 N–H and O–H groups in total. The molecule has 0 fully saturated rings. The van der Waals surface area contributed by atoms with Crippen molar-refractivity contribution in [2.45, 2.75) is 51.0 Å². The van der Waals surface area contributed by atoms with E-state index in [9.17, 15) is 8.78 Å². The summed E-state index contributed by atoms with van der Waals surface area (Å²) in [6.07, 6.45) is 6.78. The monoisotopic (exact) mass is 247 g/mol. The summed E-state index contributed by atoms with van der Waals surface area (Å²) in [6.45, 7) is -0.0529. The van der Waals surface area contributed by atoms with Crippen LogP contribution in [-0.4, -0.2) is 32.7 Å². The molecule has 0 saturated heterocycles. The van der Waals surface area contributed by atoms with Gasteiger partial charge in [-0.05, 0) is 39.2 Å². The first-order valence-corrected chi connectivity index (χ1v) is 6.46. The number of hydrogen-bond donors (Lipinski definition) is 1. The zero-order valence-electron chi connectivity index (χ0n) is 10.6. The molecule has 0 aromatic carbocycles. The van der Waals surface area contributed by atoms with E-state index >= 15 is 0 Å². The van der Waals surface area contributed by atoms with Crippen molar-refractivity contribution in [1.82, 2.24) is 5.32 Å². The Morgan fingerprint density at radius 3 is 2.88 bits per heavy atom. The predicted octanol–water partition coefficient (Wildman–Crippen LogP) is 3.14. The standard InChI is InChI=1S/C13H23F2NO/c1-16-12(8-9-17-10-13(14)15)11-6-4-2-3-5-7-11/h6,12-13,16H,2-5,7-10H2,1H3. The van der Waals surface area contributed by atoms with Crippen LogP contribution >= 0.6 is 0 Å². The van der Waals surface area contributed by atoms with E-state index in [1.54, 1.807) is 0 Å². The van der Waals surface area contributed by atoms with Crippen molar-refractivity contribution in [3.05, 3.63) is 11.6 Å². The van der Waals surface area contributed by atoms with Crippen molar-refractivity contribution in [2.75, 3.05) is 20.3 Å². The lowest BCUT2D eigenvalue weighted by Gasteiger charge is -2.19. The van der Waals surface area contributed by atoms with Gasteiger partial charge in [0.25, 0.3) is 6.43 Å². The molecular weight excluding hydrogens is 224 g/mol. The lowest BCUT2D eigenvalue weighted by Crippen LogP contribution is -2.29. The van der Waals surface area contributed by atoms with Gasteiger partial charge in [0, 0.05) is 12.6 Å². The third-order valence-electron chi connectivity index (χ3n) is 3.17. The van der Waals surface area contributed by atoms with Crippen molar-refractivity contribution in [1.29, 1.82) is 0 Å². The van der Waals surface area contributed by atoms with Gasteiger partial charge in [0.05, 0.1) is 0 Å². The molecule has 0 radical (unpaired) electrons. The van der Waals surface area contributed by atoms with Crippen LogP contribution in [0.25, 0.3) is 0 Å². The Labute approximate surface area is 102 Å². The summed E-state index contributed by atoms with van der Waals surface area (Å²) in [5.41, 5.74) is 1.42. The SMILES string of the molecule is CNC(CCOCC(F)F)C1=CCCCCC1. The Kier molecular flexibility index (Phi) is 7.37. The Morgan fingerprint density at radius 1 is 1.35 bits per heavy atom. The molecule has 4 heteroatoms. The Morgan fingerprint density at radius 2 is 2.18 bits per heavy atom. The van der Waals surface area contributed by atoms with Gasteiger partial charge in [-0.15, -0.1) is 0 Å². The molecule has 0 bridgehead atoms. The highest BCUT2D eigenvalue weighted by molar-refractivity contribution is 5.11. The van der Waals surface area contributed by atoms with E-state index in [1.165, 1.54) is 24.8 Å². The van der Waals surface area contributed by atoms with Crippen LogP contribution in [0.2, 0.25) is 0 Å². The second kappa shape index (κ2) is 8.59. The molecule has 100 valence electrons. The predicted molar refractivity (Wildman–Crippen MR) is 65.5 cm³/mol. The van der Waals surface area contributed by atoms with Gasteiger partial charge in [0.2, 0.25) is 0 Å². The minimum atomic E-state index is -2.36. The van der Waals surface area contributed by atoms with E-state index in [0.29, 0.717) is 6.61 Å². The van der Waals surface area contributed by atoms with Gasteiger partial charge in [-0.2, -0.15) is 0 Å². The molecule has 1 rings (SSSR count). The van der Waals surface area contributed by atoms with Gasteiger partial charge in [-0.25, -0.2) is 8.78 Å². The van der Waals surface area contributed by atoms with Gasteiger partial charge in [-0.1, -0.05) is 18.1 Å². The molecule has 1 aliphatic carbocycles. The molecule has 1 unspecified atom stereocenters. The van der Waals surface area contributed by atoms with Gasteiger partial charge in [-0.3, -0.25) is 0 Å². The average molecular weight is 247 g/mol. The second-order valence-corrected chi connectivity index (χ2v) is 4.47. The number of hydrogen-bond acceptors (Lipinski definition) is 2. The van der Waals surface area contributed by atoms with Crippen LogP contribution in [0, 0.1) is 0 Å². The van der Waals surface area contributed by atoms with Gasteiger partial charge < -0.3 is 10.1 Å². The highest BCUT2D eigenvalue weighted by atomic mass is 19.3. The summed E-state index contributed by atoms with van der Waals surface area (Å²) in [4.78, 5) is 0. The molecule has 1 atom stereocenters. The number of halogens is 2. The molecule has 1 aliphatic rings. The van der Waals surface area contributed by atoms with E-state index in [0.717, 1.165) is 19.3 Å². The molecule has 17 heavy (non-hydrogen) atoms. The normalized spacial score (nSPS) is 18.9. The van der Waals surface area contributed by atoms with Crippen LogP contribution in [0.4, 0.5) is 8.78 Å². The zero-order valence-corrected chi connectivity index (χ0v) is 10.6. The van der Waals surface area contributed by atoms with E-state index < -0.39 is 13.0 Å². The fraction of sp³-hybridized carbons (Fsp3) is 0.846. The second-order valence-electron chi connectivity index (χ2n) is 4.47. The van der Waals surface area contributed by atoms with E-state index in [4.69, 9.17) is 4.74 Å². The third kappa shape index (κ3) is 6.13. The van der Waals surface area contributed by atoms with Crippen molar-refractivity contribution in [3.8, 4) is 0 Å². The summed E-state index contributed by atoms with van der Waals surface area (Å²) in [6, 6.07) is 0.283. The maximum absolute atomic E-state index is 11.9. The molecule has 0 aromatic rings. The van der Waals surface area contributed by atoms with Crippen LogP contribution in [0.15, 0.2) is 11.6 Å². The van der Waals surface area contributed by atoms with Crippen LogP contribution in [0.5, 0.6) is 0 Å². The highest BCUT2D eigenvalue weighted by Gasteiger charge is 2.13. The Hall–Kier alpha value is -0.480. The van der Waals surface area contributed by atoms with Crippen LogP contribution in [-0.2, 0) is 4.74 Å². The molecule has 0 spiro atoms. The average Bonchev–Trinajstić information content (AvgIpc) is 2.57. The minimum absolute atomic E-state index is 0.283. The van der Waals surface area contributed by atoms with Crippen LogP contribution in [0.3, 0.4) is 0 Å². The van der Waals surface area contributed by atoms with Gasteiger partial charge in [0.1, 0.15) is 6.61 Å². The first-order chi connectivity index (χ1) is 8.24. The molecule has 0 saturated carbocycles. The highest BCUT2D eigenvalue weighted by Crippen LogP contribution is 2.21. The number of rotatable bonds is 7. The fourth-order valence-corrected chi connectivity index (χ4v) is 2.24. The number of allylic oxidation sites excluding steroid dienone is 1. The van der Waals surface area contributed by atoms with Gasteiger partial charge >= 0.3 is 0 Å². The number of nitrogens with one attached hydrogen (secondary N) is 1. The third-order valence-corrected chi connectivity index (χ3v) is 3.17. The van der Waals surface area contributed by atoms with Gasteiger partial charge in [0.15, 0.2) is 0 Å². The molecule has 2 nitrogen and oxygen atoms in total. The first kappa shape index (κ1) is 14.6. The summed E-state index contributed by atoms with van der Waals surface area (Å²) >= 11 is 0. The molecule has 0 heterocycles. The Balaban J connectivity index is 2.28. The van der Waals surface area contributed by atoms with Crippen molar-refractivity contribution < 1.29 is 13.5 Å². The van der Waals surface area contributed by atoms with E-state index in [-0.39, 0.29) is 6.04 Å². The van der Waals surface area contributed by atoms with Crippen LogP contribution < -0.4 is 5.32 Å². The van der Waals surface area contributed by atoms with Crippen molar-refractivity contribution in [3.63, 3.8) is 0 Å².